The smallest absolute Gasteiger partial charge is 0.119 e. The van der Waals surface area contributed by atoms with Gasteiger partial charge in [-0.05, 0) is 72.6 Å². The Hall–Kier alpha value is -2.65. The van der Waals surface area contributed by atoms with Crippen LogP contribution in [0.2, 0.25) is 0 Å². The second-order valence-electron chi connectivity index (χ2n) is 9.78. The standard InChI is InChI=1S/C34H44O2S/c1-4-6-13-26-37(35)27-14-8-7-12-25-36-32-23-21-31(22-24-32)34(30-19-17-28(3)18-20-30)33(5-2)29-15-10-9-11-16-29/h9-11,15-24H,4-8,12-14,25-27H2,1-3H3/b34-33+. The normalized spacial score (nSPS) is 12.7. The topological polar surface area (TPSA) is 26.3 Å². The summed E-state index contributed by atoms with van der Waals surface area (Å²) < 4.78 is 18.0. The zero-order chi connectivity index (χ0) is 26.3. The van der Waals surface area contributed by atoms with Gasteiger partial charge < -0.3 is 4.74 Å². The van der Waals surface area contributed by atoms with Crippen LogP contribution in [0, 0.1) is 6.92 Å². The summed E-state index contributed by atoms with van der Waals surface area (Å²) in [5, 5.41) is 0. The van der Waals surface area contributed by atoms with Gasteiger partial charge in [0.25, 0.3) is 0 Å². The van der Waals surface area contributed by atoms with Gasteiger partial charge in [-0.1, -0.05) is 112 Å². The fourth-order valence-electron chi connectivity index (χ4n) is 4.64. The molecular formula is C34H44O2S. The summed E-state index contributed by atoms with van der Waals surface area (Å²) in [6.07, 6.45) is 8.79. The molecule has 2 nitrogen and oxygen atoms in total. The van der Waals surface area contributed by atoms with Gasteiger partial charge >= 0.3 is 0 Å². The molecule has 0 amide bonds. The first-order chi connectivity index (χ1) is 18.1. The first-order valence-corrected chi connectivity index (χ1v) is 15.5. The molecule has 1 unspecified atom stereocenters. The molecule has 1 atom stereocenters. The van der Waals surface area contributed by atoms with E-state index in [2.05, 4.69) is 99.6 Å². The molecule has 0 radical (unpaired) electrons. The number of rotatable bonds is 16. The van der Waals surface area contributed by atoms with Crippen LogP contribution in [0.5, 0.6) is 5.75 Å². The van der Waals surface area contributed by atoms with Crippen molar-refractivity contribution in [3.63, 3.8) is 0 Å². The predicted molar refractivity (Wildman–Crippen MR) is 162 cm³/mol. The quantitative estimate of drug-likeness (QED) is 0.140. The third-order valence-corrected chi connectivity index (χ3v) is 8.26. The molecule has 3 heteroatoms. The fourth-order valence-corrected chi connectivity index (χ4v) is 5.90. The van der Waals surface area contributed by atoms with E-state index in [1.807, 2.05) is 0 Å². The van der Waals surface area contributed by atoms with Crippen molar-refractivity contribution >= 4 is 21.9 Å². The summed E-state index contributed by atoms with van der Waals surface area (Å²) in [4.78, 5) is 0. The Bertz CT molecular complexity index is 1100. The lowest BCUT2D eigenvalue weighted by Crippen LogP contribution is -2.03. The monoisotopic (exact) mass is 516 g/mol. The van der Waals surface area contributed by atoms with Crippen molar-refractivity contribution in [2.45, 2.75) is 72.1 Å². The Morgan fingerprint density at radius 3 is 1.89 bits per heavy atom. The molecule has 0 heterocycles. The zero-order valence-corrected chi connectivity index (χ0v) is 23.8. The van der Waals surface area contributed by atoms with Gasteiger partial charge in [0.1, 0.15) is 5.75 Å². The fraction of sp³-hybridized carbons (Fsp3) is 0.412. The Morgan fingerprint density at radius 2 is 1.27 bits per heavy atom. The molecule has 3 rings (SSSR count). The molecule has 0 aliphatic rings. The van der Waals surface area contributed by atoms with Gasteiger partial charge in [0, 0.05) is 22.3 Å². The maximum atomic E-state index is 12.0. The van der Waals surface area contributed by atoms with Crippen molar-refractivity contribution in [2.24, 2.45) is 0 Å². The van der Waals surface area contributed by atoms with Crippen LogP contribution in [-0.4, -0.2) is 22.3 Å². The van der Waals surface area contributed by atoms with Crippen molar-refractivity contribution in [1.82, 2.24) is 0 Å². The highest BCUT2D eigenvalue weighted by atomic mass is 32.2. The van der Waals surface area contributed by atoms with E-state index in [9.17, 15) is 4.21 Å². The third kappa shape index (κ3) is 9.63. The molecule has 198 valence electrons. The average molecular weight is 517 g/mol. The predicted octanol–water partition coefficient (Wildman–Crippen LogP) is 9.24. The lowest BCUT2D eigenvalue weighted by atomic mass is 9.88. The van der Waals surface area contributed by atoms with E-state index in [1.165, 1.54) is 46.2 Å². The lowest BCUT2D eigenvalue weighted by molar-refractivity contribution is 0.305. The minimum atomic E-state index is -0.632. The lowest BCUT2D eigenvalue weighted by Gasteiger charge is -2.17. The summed E-state index contributed by atoms with van der Waals surface area (Å²) in [5.41, 5.74) is 7.63. The van der Waals surface area contributed by atoms with Gasteiger partial charge in [0.2, 0.25) is 0 Å². The number of hydrogen-bond donors (Lipinski definition) is 0. The summed E-state index contributed by atoms with van der Waals surface area (Å²) in [7, 11) is -0.632. The van der Waals surface area contributed by atoms with Gasteiger partial charge in [-0.3, -0.25) is 4.21 Å². The molecule has 0 aromatic heterocycles. The Kier molecular flexibility index (Phi) is 12.7. The number of benzene rings is 3. The molecule has 0 spiro atoms. The zero-order valence-electron chi connectivity index (χ0n) is 23.0. The maximum absolute atomic E-state index is 12.0. The largest absolute Gasteiger partial charge is 0.494 e. The van der Waals surface area contributed by atoms with E-state index >= 15 is 0 Å². The third-order valence-electron chi connectivity index (χ3n) is 6.77. The molecule has 0 fully saturated rings. The number of aryl methyl sites for hydroxylation is 1. The number of hydrogen-bond acceptors (Lipinski definition) is 2. The molecule has 0 bridgehead atoms. The molecule has 0 N–H and O–H groups in total. The van der Waals surface area contributed by atoms with Crippen LogP contribution in [0.15, 0.2) is 78.9 Å². The first kappa shape index (κ1) is 28.9. The van der Waals surface area contributed by atoms with Crippen LogP contribution in [0.25, 0.3) is 11.1 Å². The van der Waals surface area contributed by atoms with Crippen molar-refractivity contribution < 1.29 is 8.95 Å². The molecule has 0 aliphatic carbocycles. The van der Waals surface area contributed by atoms with Gasteiger partial charge in [0.05, 0.1) is 6.61 Å². The summed E-state index contributed by atoms with van der Waals surface area (Å²) in [6, 6.07) is 28.1. The SMILES string of the molecule is CCCCCS(=O)CCCCCCOc1ccc(/C(=C(\CC)c2ccccc2)c2ccc(C)cc2)cc1. The van der Waals surface area contributed by atoms with E-state index in [0.717, 1.165) is 62.4 Å². The van der Waals surface area contributed by atoms with Crippen LogP contribution in [0.3, 0.4) is 0 Å². The Labute approximate surface area is 227 Å². The van der Waals surface area contributed by atoms with E-state index < -0.39 is 10.8 Å². The van der Waals surface area contributed by atoms with Crippen molar-refractivity contribution in [3.05, 3.63) is 101 Å². The second-order valence-corrected chi connectivity index (χ2v) is 11.5. The number of allylic oxidation sites excluding steroid dienone is 1. The van der Waals surface area contributed by atoms with Crippen molar-refractivity contribution in [1.29, 1.82) is 0 Å². The minimum absolute atomic E-state index is 0.632. The summed E-state index contributed by atoms with van der Waals surface area (Å²) in [6.45, 7) is 7.28. The van der Waals surface area contributed by atoms with Gasteiger partial charge in [-0.15, -0.1) is 0 Å². The molecule has 0 saturated carbocycles. The van der Waals surface area contributed by atoms with E-state index in [0.29, 0.717) is 0 Å². The van der Waals surface area contributed by atoms with Gasteiger partial charge in [0.15, 0.2) is 0 Å². The highest BCUT2D eigenvalue weighted by Gasteiger charge is 2.13. The van der Waals surface area contributed by atoms with E-state index in [4.69, 9.17) is 4.74 Å². The Morgan fingerprint density at radius 1 is 0.676 bits per heavy atom. The summed E-state index contributed by atoms with van der Waals surface area (Å²) in [5.74, 6) is 2.64. The van der Waals surface area contributed by atoms with Crippen LogP contribution in [0.1, 0.15) is 87.5 Å². The van der Waals surface area contributed by atoms with Crippen molar-refractivity contribution in [2.75, 3.05) is 18.1 Å². The molecule has 3 aromatic carbocycles. The van der Waals surface area contributed by atoms with Crippen LogP contribution in [0.4, 0.5) is 0 Å². The molecule has 3 aromatic rings. The molecule has 0 aliphatic heterocycles. The van der Waals surface area contributed by atoms with Crippen LogP contribution < -0.4 is 4.74 Å². The second kappa shape index (κ2) is 16.2. The first-order valence-electron chi connectivity index (χ1n) is 14.1. The molecule has 0 saturated heterocycles. The molecule has 37 heavy (non-hydrogen) atoms. The highest BCUT2D eigenvalue weighted by Crippen LogP contribution is 2.35. The summed E-state index contributed by atoms with van der Waals surface area (Å²) >= 11 is 0. The Balaban J connectivity index is 1.58. The maximum Gasteiger partial charge on any atom is 0.119 e. The minimum Gasteiger partial charge on any atom is -0.494 e. The number of ether oxygens (including phenoxy) is 1. The van der Waals surface area contributed by atoms with Crippen LogP contribution >= 0.6 is 0 Å². The van der Waals surface area contributed by atoms with E-state index in [-0.39, 0.29) is 0 Å². The average Bonchev–Trinajstić information content (AvgIpc) is 2.93. The van der Waals surface area contributed by atoms with Crippen LogP contribution in [-0.2, 0) is 10.8 Å². The van der Waals surface area contributed by atoms with E-state index in [1.54, 1.807) is 0 Å². The number of unbranched alkanes of at least 4 members (excludes halogenated alkanes) is 5. The van der Waals surface area contributed by atoms with Gasteiger partial charge in [-0.2, -0.15) is 0 Å². The molecular weight excluding hydrogens is 472 g/mol. The van der Waals surface area contributed by atoms with Gasteiger partial charge in [-0.25, -0.2) is 0 Å². The highest BCUT2D eigenvalue weighted by molar-refractivity contribution is 7.84. The van der Waals surface area contributed by atoms with Crippen molar-refractivity contribution in [3.8, 4) is 5.75 Å².